The van der Waals surface area contributed by atoms with Gasteiger partial charge >= 0.3 is 0 Å². The average molecular weight is 248 g/mol. The van der Waals surface area contributed by atoms with Gasteiger partial charge in [0.1, 0.15) is 0 Å². The third-order valence-corrected chi connectivity index (χ3v) is 1.97. The van der Waals surface area contributed by atoms with Gasteiger partial charge in [0.2, 0.25) is 0 Å². The first-order chi connectivity index (χ1) is 6.67. The van der Waals surface area contributed by atoms with E-state index in [4.69, 9.17) is 5.73 Å². The summed E-state index contributed by atoms with van der Waals surface area (Å²) in [4.78, 5) is 4.47. The number of nitrogens with zero attached hydrogens (tertiary/aromatic N) is 1. The summed E-state index contributed by atoms with van der Waals surface area (Å²) < 4.78 is 0. The molecule has 3 heteroatoms. The van der Waals surface area contributed by atoms with Crippen LogP contribution in [0.1, 0.15) is 26.7 Å². The summed E-state index contributed by atoms with van der Waals surface area (Å²) in [6.07, 6.45) is 8.33. The summed E-state index contributed by atoms with van der Waals surface area (Å²) in [6, 6.07) is 0. The van der Waals surface area contributed by atoms with Gasteiger partial charge in [-0.25, -0.2) is 0 Å². The second-order valence-corrected chi connectivity index (χ2v) is 3.80. The molecule has 0 aromatic rings. The van der Waals surface area contributed by atoms with E-state index >= 15 is 0 Å². The SMILES string of the molecule is C=CCC1=NC(CC(C)C)=[C-]C1=CN.[Co]. The van der Waals surface area contributed by atoms with Gasteiger partial charge in [0.05, 0.1) is 0 Å². The maximum Gasteiger partial charge on any atom is 0 e. The van der Waals surface area contributed by atoms with Crippen molar-refractivity contribution < 1.29 is 16.8 Å². The van der Waals surface area contributed by atoms with E-state index in [2.05, 4.69) is 31.5 Å². The van der Waals surface area contributed by atoms with Crippen LogP contribution in [0, 0.1) is 12.0 Å². The van der Waals surface area contributed by atoms with Crippen LogP contribution < -0.4 is 5.73 Å². The number of rotatable bonds is 4. The Morgan fingerprint density at radius 1 is 1.53 bits per heavy atom. The Hall–Kier alpha value is -0.804. The zero-order valence-electron chi connectivity index (χ0n) is 9.21. The Morgan fingerprint density at radius 3 is 2.67 bits per heavy atom. The monoisotopic (exact) mass is 248 g/mol. The van der Waals surface area contributed by atoms with Gasteiger partial charge in [0.25, 0.3) is 0 Å². The van der Waals surface area contributed by atoms with Crippen molar-refractivity contribution >= 4 is 5.71 Å². The van der Waals surface area contributed by atoms with Crippen molar-refractivity contribution in [2.24, 2.45) is 16.6 Å². The summed E-state index contributed by atoms with van der Waals surface area (Å²) >= 11 is 0. The van der Waals surface area contributed by atoms with Crippen molar-refractivity contribution in [3.8, 4) is 0 Å². The first kappa shape index (κ1) is 14.2. The Balaban J connectivity index is 0.00000196. The van der Waals surface area contributed by atoms with Crippen LogP contribution in [-0.4, -0.2) is 5.71 Å². The molecule has 0 amide bonds. The van der Waals surface area contributed by atoms with Crippen LogP contribution in [0.15, 0.2) is 35.1 Å². The van der Waals surface area contributed by atoms with Crippen molar-refractivity contribution in [1.29, 1.82) is 0 Å². The predicted molar refractivity (Wildman–Crippen MR) is 60.7 cm³/mol. The van der Waals surface area contributed by atoms with Gasteiger partial charge in [-0.3, -0.25) is 0 Å². The molecule has 0 saturated carbocycles. The molecule has 0 atom stereocenters. The molecule has 0 unspecified atom stereocenters. The number of nitrogens with two attached hydrogens (primary N) is 1. The van der Waals surface area contributed by atoms with Crippen LogP contribution in [0.2, 0.25) is 0 Å². The topological polar surface area (TPSA) is 38.4 Å². The fraction of sp³-hybridized carbons (Fsp3) is 0.417. The molecule has 1 rings (SSSR count). The van der Waals surface area contributed by atoms with E-state index in [0.717, 1.165) is 29.8 Å². The van der Waals surface area contributed by atoms with Gasteiger partial charge in [-0.15, -0.1) is 12.8 Å². The van der Waals surface area contributed by atoms with Crippen molar-refractivity contribution in [2.45, 2.75) is 26.7 Å². The van der Waals surface area contributed by atoms with Crippen LogP contribution in [0.3, 0.4) is 0 Å². The number of allylic oxidation sites excluding steroid dienone is 4. The van der Waals surface area contributed by atoms with Gasteiger partial charge in [-0.05, 0) is 24.5 Å². The first-order valence-electron chi connectivity index (χ1n) is 4.91. The molecular weight excluding hydrogens is 231 g/mol. The Kier molecular flexibility index (Phi) is 6.28. The van der Waals surface area contributed by atoms with E-state index in [9.17, 15) is 0 Å². The zero-order chi connectivity index (χ0) is 10.6. The number of aliphatic imine (C=N–C) groups is 1. The van der Waals surface area contributed by atoms with Gasteiger partial charge in [0.15, 0.2) is 0 Å². The van der Waals surface area contributed by atoms with Crippen LogP contribution in [0.4, 0.5) is 0 Å². The van der Waals surface area contributed by atoms with Crippen molar-refractivity contribution in [2.75, 3.05) is 0 Å². The molecule has 1 heterocycles. The maximum atomic E-state index is 5.49. The molecule has 15 heavy (non-hydrogen) atoms. The number of hydrogen-bond donors (Lipinski definition) is 1. The van der Waals surface area contributed by atoms with Crippen molar-refractivity contribution in [1.82, 2.24) is 0 Å². The minimum absolute atomic E-state index is 0. The second kappa shape index (κ2) is 6.64. The Morgan fingerprint density at radius 2 is 2.20 bits per heavy atom. The van der Waals surface area contributed by atoms with E-state index in [1.165, 1.54) is 0 Å². The fourth-order valence-electron chi connectivity index (χ4n) is 1.39. The molecule has 0 aliphatic carbocycles. The summed E-state index contributed by atoms with van der Waals surface area (Å²) in [5.74, 6) is 0.600. The molecule has 0 aromatic heterocycles. The van der Waals surface area contributed by atoms with Crippen LogP contribution in [0.25, 0.3) is 0 Å². The molecule has 85 valence electrons. The second-order valence-electron chi connectivity index (χ2n) is 3.80. The van der Waals surface area contributed by atoms with Gasteiger partial charge in [0, 0.05) is 16.8 Å². The molecule has 0 bridgehead atoms. The average Bonchev–Trinajstić information content (AvgIpc) is 2.47. The molecule has 0 saturated heterocycles. The molecule has 2 N–H and O–H groups in total. The van der Waals surface area contributed by atoms with Crippen LogP contribution in [-0.2, 0) is 16.8 Å². The largest absolute Gasteiger partial charge is 0.455 e. The fourth-order valence-corrected chi connectivity index (χ4v) is 1.39. The van der Waals surface area contributed by atoms with Crippen LogP contribution in [0.5, 0.6) is 0 Å². The summed E-state index contributed by atoms with van der Waals surface area (Å²) in [6.45, 7) is 8.03. The van der Waals surface area contributed by atoms with E-state index in [-0.39, 0.29) is 16.8 Å². The summed E-state index contributed by atoms with van der Waals surface area (Å²) in [5, 5.41) is 0. The van der Waals surface area contributed by atoms with Gasteiger partial charge < -0.3 is 10.7 Å². The molecule has 0 fully saturated rings. The minimum Gasteiger partial charge on any atom is -0.455 e. The molecule has 2 nitrogen and oxygen atoms in total. The standard InChI is InChI=1S/C12H17N2.Co/c1-4-5-12-10(8-13)7-11(14-12)6-9(2)3;/h4,8-9H,1,5-6,13H2,2-3H3;/q-1;. The minimum atomic E-state index is 0. The summed E-state index contributed by atoms with van der Waals surface area (Å²) in [7, 11) is 0. The van der Waals surface area contributed by atoms with Crippen molar-refractivity contribution in [3.05, 3.63) is 36.2 Å². The maximum absolute atomic E-state index is 5.49. The third-order valence-electron chi connectivity index (χ3n) is 1.97. The summed E-state index contributed by atoms with van der Waals surface area (Å²) in [5.41, 5.74) is 8.40. The molecule has 0 aromatic carbocycles. The van der Waals surface area contributed by atoms with Gasteiger partial charge in [-0.1, -0.05) is 25.6 Å². The number of hydrogen-bond acceptors (Lipinski definition) is 2. The van der Waals surface area contributed by atoms with E-state index in [1.54, 1.807) is 6.20 Å². The Labute approximate surface area is 102 Å². The smallest absolute Gasteiger partial charge is 0 e. The van der Waals surface area contributed by atoms with Gasteiger partial charge in [-0.2, -0.15) is 11.6 Å². The first-order valence-corrected chi connectivity index (χ1v) is 4.91. The molecule has 1 aliphatic heterocycles. The van der Waals surface area contributed by atoms with Crippen molar-refractivity contribution in [3.63, 3.8) is 0 Å². The molecular formula is C12H17CoN2-. The van der Waals surface area contributed by atoms with E-state index < -0.39 is 0 Å². The third kappa shape index (κ3) is 4.06. The predicted octanol–water partition coefficient (Wildman–Crippen LogP) is 2.59. The van der Waals surface area contributed by atoms with E-state index in [0.29, 0.717) is 5.92 Å². The molecule has 1 aliphatic rings. The molecule has 1 radical (unpaired) electrons. The molecule has 0 spiro atoms. The van der Waals surface area contributed by atoms with E-state index in [1.807, 2.05) is 6.08 Å². The zero-order valence-corrected chi connectivity index (χ0v) is 10.3. The normalized spacial score (nSPS) is 17.4. The quantitative estimate of drug-likeness (QED) is 0.602. The Bertz CT molecular complexity index is 312. The van der Waals surface area contributed by atoms with Crippen LogP contribution >= 0.6 is 0 Å².